The first-order chi connectivity index (χ1) is 16.1. The molecule has 3 aromatic carbocycles. The average molecular weight is 444 g/mol. The van der Waals surface area contributed by atoms with Gasteiger partial charge in [0.05, 0.1) is 19.0 Å². The molecule has 33 heavy (non-hydrogen) atoms. The number of benzene rings is 3. The minimum absolute atomic E-state index is 0.226. The maximum absolute atomic E-state index is 13.0. The molecule has 0 unspecified atom stereocenters. The van der Waals surface area contributed by atoms with E-state index in [0.717, 1.165) is 16.7 Å². The summed E-state index contributed by atoms with van der Waals surface area (Å²) in [5.74, 6) is 1.01. The van der Waals surface area contributed by atoms with E-state index in [4.69, 9.17) is 9.47 Å². The number of halogens is 1. The van der Waals surface area contributed by atoms with Crippen molar-refractivity contribution in [3.05, 3.63) is 106 Å². The summed E-state index contributed by atoms with van der Waals surface area (Å²) in [4.78, 5) is 19.0. The molecule has 4 rings (SSSR count). The van der Waals surface area contributed by atoms with Gasteiger partial charge in [-0.2, -0.15) is 5.10 Å². The smallest absolute Gasteiger partial charge is 0.252 e. The van der Waals surface area contributed by atoms with E-state index >= 15 is 0 Å². The van der Waals surface area contributed by atoms with Crippen LogP contribution in [0, 0.1) is 5.82 Å². The van der Waals surface area contributed by atoms with Gasteiger partial charge in [-0.25, -0.2) is 14.8 Å². The zero-order valence-corrected chi connectivity index (χ0v) is 17.8. The second kappa shape index (κ2) is 10.2. The van der Waals surface area contributed by atoms with E-state index < -0.39 is 0 Å². The third kappa shape index (κ3) is 5.82. The molecule has 2 N–H and O–H groups in total. The molecule has 0 aliphatic heterocycles. The van der Waals surface area contributed by atoms with Gasteiger partial charge in [-0.1, -0.05) is 42.5 Å². The van der Waals surface area contributed by atoms with Gasteiger partial charge in [0, 0.05) is 11.6 Å². The summed E-state index contributed by atoms with van der Waals surface area (Å²) in [5, 5.41) is 4.16. The lowest BCUT2D eigenvalue weighted by Gasteiger charge is -2.11. The van der Waals surface area contributed by atoms with Gasteiger partial charge in [-0.15, -0.1) is 0 Å². The fraction of sp³-hybridized carbons (Fsp3) is 0.0800. The number of hydrogen-bond donors (Lipinski definition) is 2. The highest BCUT2D eigenvalue weighted by atomic mass is 19.1. The standard InChI is InChI=1S/C25H21FN4O3/c1-32-23-13-18(9-12-22(23)33-16-17-7-10-20(26)11-8-17)15-27-30-25-28-21(14-24(31)29-25)19-5-3-2-4-6-19/h2-15H,16H2,1H3,(H2,28,29,30,31)/b27-15+. The van der Waals surface area contributed by atoms with E-state index in [0.29, 0.717) is 17.2 Å². The molecule has 0 atom stereocenters. The Morgan fingerprint density at radius 3 is 2.58 bits per heavy atom. The number of rotatable bonds is 8. The Morgan fingerprint density at radius 1 is 1.03 bits per heavy atom. The van der Waals surface area contributed by atoms with Crippen molar-refractivity contribution >= 4 is 12.2 Å². The summed E-state index contributed by atoms with van der Waals surface area (Å²) in [6.07, 6.45) is 1.57. The number of methoxy groups -OCH3 is 1. The SMILES string of the molecule is COc1cc(/C=N/Nc2nc(-c3ccccc3)cc(=O)[nH]2)ccc1OCc1ccc(F)cc1. The van der Waals surface area contributed by atoms with Gasteiger partial charge in [-0.05, 0) is 41.5 Å². The van der Waals surface area contributed by atoms with Crippen LogP contribution >= 0.6 is 0 Å². The maximum atomic E-state index is 13.0. The summed E-state index contributed by atoms with van der Waals surface area (Å²) in [6.45, 7) is 0.280. The number of anilines is 1. The molecular formula is C25H21FN4O3. The third-order valence-corrected chi connectivity index (χ3v) is 4.69. The summed E-state index contributed by atoms with van der Waals surface area (Å²) in [7, 11) is 1.54. The topological polar surface area (TPSA) is 88.6 Å². The molecule has 0 bridgehead atoms. The molecular weight excluding hydrogens is 423 g/mol. The van der Waals surface area contributed by atoms with Crippen LogP contribution in [0.15, 0.2) is 88.8 Å². The van der Waals surface area contributed by atoms with Crippen LogP contribution in [0.5, 0.6) is 11.5 Å². The molecule has 0 saturated heterocycles. The van der Waals surface area contributed by atoms with Crippen molar-refractivity contribution in [3.8, 4) is 22.8 Å². The first-order valence-electron chi connectivity index (χ1n) is 10.1. The van der Waals surface area contributed by atoms with Crippen LogP contribution in [0.4, 0.5) is 10.3 Å². The van der Waals surface area contributed by atoms with Crippen molar-refractivity contribution < 1.29 is 13.9 Å². The van der Waals surface area contributed by atoms with Crippen molar-refractivity contribution in [1.29, 1.82) is 0 Å². The van der Waals surface area contributed by atoms with E-state index in [2.05, 4.69) is 20.5 Å². The highest BCUT2D eigenvalue weighted by molar-refractivity contribution is 5.81. The van der Waals surface area contributed by atoms with E-state index in [1.165, 1.54) is 18.2 Å². The zero-order chi connectivity index (χ0) is 23.0. The van der Waals surface area contributed by atoms with Gasteiger partial charge in [0.1, 0.15) is 12.4 Å². The quantitative estimate of drug-likeness (QED) is 0.306. The van der Waals surface area contributed by atoms with Crippen LogP contribution < -0.4 is 20.5 Å². The summed E-state index contributed by atoms with van der Waals surface area (Å²) in [6, 6.07) is 22.3. The van der Waals surface area contributed by atoms with Gasteiger partial charge < -0.3 is 9.47 Å². The first-order valence-corrected chi connectivity index (χ1v) is 10.1. The second-order valence-corrected chi connectivity index (χ2v) is 7.04. The lowest BCUT2D eigenvalue weighted by atomic mass is 10.1. The van der Waals surface area contributed by atoms with Crippen LogP contribution in [0.2, 0.25) is 0 Å². The summed E-state index contributed by atoms with van der Waals surface area (Å²) < 4.78 is 24.2. The maximum Gasteiger partial charge on any atom is 0.252 e. The molecule has 4 aromatic rings. The largest absolute Gasteiger partial charge is 0.493 e. The summed E-state index contributed by atoms with van der Waals surface area (Å²) >= 11 is 0. The van der Waals surface area contributed by atoms with Crippen LogP contribution in [0.1, 0.15) is 11.1 Å². The Labute approximate surface area is 189 Å². The Kier molecular flexibility index (Phi) is 6.75. The molecule has 8 heteroatoms. The van der Waals surface area contributed by atoms with Gasteiger partial charge in [0.25, 0.3) is 5.56 Å². The Hall–Kier alpha value is -4.46. The van der Waals surface area contributed by atoms with Gasteiger partial charge >= 0.3 is 0 Å². The minimum atomic E-state index is -0.292. The molecule has 0 fully saturated rings. The van der Waals surface area contributed by atoms with Crippen molar-refractivity contribution in [1.82, 2.24) is 9.97 Å². The summed E-state index contributed by atoms with van der Waals surface area (Å²) in [5.41, 5.74) is 5.42. The van der Waals surface area contributed by atoms with Crippen molar-refractivity contribution in [2.24, 2.45) is 5.10 Å². The van der Waals surface area contributed by atoms with Crippen LogP contribution in [-0.4, -0.2) is 23.3 Å². The molecule has 1 heterocycles. The second-order valence-electron chi connectivity index (χ2n) is 7.04. The van der Waals surface area contributed by atoms with Crippen LogP contribution in [0.25, 0.3) is 11.3 Å². The Bertz CT molecular complexity index is 1310. The highest BCUT2D eigenvalue weighted by Crippen LogP contribution is 2.28. The molecule has 1 aromatic heterocycles. The molecule has 0 aliphatic carbocycles. The average Bonchev–Trinajstić information content (AvgIpc) is 2.84. The van der Waals surface area contributed by atoms with Crippen molar-refractivity contribution in [3.63, 3.8) is 0 Å². The van der Waals surface area contributed by atoms with Crippen LogP contribution in [-0.2, 0) is 6.61 Å². The number of ether oxygens (including phenoxy) is 2. The number of aromatic nitrogens is 2. The molecule has 0 aliphatic rings. The molecule has 7 nitrogen and oxygen atoms in total. The van der Waals surface area contributed by atoms with Gasteiger partial charge in [-0.3, -0.25) is 9.78 Å². The molecule has 0 amide bonds. The van der Waals surface area contributed by atoms with Crippen molar-refractivity contribution in [2.45, 2.75) is 6.61 Å². The van der Waals surface area contributed by atoms with E-state index in [1.54, 1.807) is 37.6 Å². The normalized spacial score (nSPS) is 10.8. The Balaban J connectivity index is 1.43. The highest BCUT2D eigenvalue weighted by Gasteiger charge is 2.07. The zero-order valence-electron chi connectivity index (χ0n) is 17.8. The van der Waals surface area contributed by atoms with Crippen molar-refractivity contribution in [2.75, 3.05) is 12.5 Å². The molecule has 0 radical (unpaired) electrons. The van der Waals surface area contributed by atoms with E-state index in [-0.39, 0.29) is 23.9 Å². The van der Waals surface area contributed by atoms with E-state index in [9.17, 15) is 9.18 Å². The molecule has 0 spiro atoms. The monoisotopic (exact) mass is 444 g/mol. The fourth-order valence-corrected chi connectivity index (χ4v) is 3.06. The lowest BCUT2D eigenvalue weighted by Crippen LogP contribution is -2.10. The predicted octanol–water partition coefficient (Wildman–Crippen LogP) is 4.61. The van der Waals surface area contributed by atoms with Gasteiger partial charge in [0.2, 0.25) is 5.95 Å². The number of hydrogen-bond acceptors (Lipinski definition) is 6. The third-order valence-electron chi connectivity index (χ3n) is 4.69. The Morgan fingerprint density at radius 2 is 1.82 bits per heavy atom. The number of nitrogens with one attached hydrogen (secondary N) is 2. The molecule has 166 valence electrons. The predicted molar refractivity (Wildman–Crippen MR) is 125 cm³/mol. The minimum Gasteiger partial charge on any atom is -0.493 e. The first kappa shape index (κ1) is 21.8. The molecule has 0 saturated carbocycles. The number of nitrogens with zero attached hydrogens (tertiary/aromatic N) is 2. The fourth-order valence-electron chi connectivity index (χ4n) is 3.06. The van der Waals surface area contributed by atoms with Crippen LogP contribution in [0.3, 0.4) is 0 Å². The number of H-pyrrole nitrogens is 1. The number of aromatic amines is 1. The van der Waals surface area contributed by atoms with E-state index in [1.807, 2.05) is 36.4 Å². The van der Waals surface area contributed by atoms with Gasteiger partial charge in [0.15, 0.2) is 11.5 Å². The number of hydrazone groups is 1. The lowest BCUT2D eigenvalue weighted by molar-refractivity contribution is 0.284.